The molecule has 0 spiro atoms. The molecule has 1 aromatic carbocycles. The van der Waals surface area contributed by atoms with E-state index in [9.17, 15) is 51.1 Å². The van der Waals surface area contributed by atoms with Crippen LogP contribution in [0.4, 0.5) is 17.6 Å². The number of amides is 7. The fraction of sp³-hybridized carbons (Fsp3) is 0.675. The number of carbonyl (C=O) groups is 7. The lowest BCUT2D eigenvalue weighted by molar-refractivity contribution is -0.199. The second kappa shape index (κ2) is 19.7. The first-order valence-corrected chi connectivity index (χ1v) is 20.5. The van der Waals surface area contributed by atoms with Crippen LogP contribution in [0.5, 0.6) is 0 Å². The van der Waals surface area contributed by atoms with Gasteiger partial charge in [0.1, 0.15) is 47.8 Å². The van der Waals surface area contributed by atoms with Crippen molar-refractivity contribution in [3.05, 3.63) is 34.9 Å². The van der Waals surface area contributed by atoms with Crippen molar-refractivity contribution in [2.45, 2.75) is 134 Å². The molecular weight excluding hydrogens is 802 g/mol. The monoisotopic (exact) mass is 857 g/mol. The third kappa shape index (κ3) is 11.4. The van der Waals surface area contributed by atoms with E-state index in [0.29, 0.717) is 28.3 Å². The van der Waals surface area contributed by atoms with E-state index in [0.717, 1.165) is 4.90 Å². The summed E-state index contributed by atoms with van der Waals surface area (Å²) in [6.07, 6.45) is -7.24. The fourth-order valence-electron chi connectivity index (χ4n) is 7.64. The van der Waals surface area contributed by atoms with Gasteiger partial charge in [-0.25, -0.2) is 4.39 Å². The number of alkyl halides is 4. The van der Waals surface area contributed by atoms with Gasteiger partial charge in [-0.1, -0.05) is 44.5 Å². The second-order valence-electron chi connectivity index (χ2n) is 16.3. The molecular formula is C40H56ClF4N7O7. The molecule has 328 valence electrons. The van der Waals surface area contributed by atoms with E-state index in [1.54, 1.807) is 31.2 Å². The van der Waals surface area contributed by atoms with E-state index in [2.05, 4.69) is 21.3 Å². The summed E-state index contributed by atoms with van der Waals surface area (Å²) >= 11 is 6.22. The molecule has 2 aliphatic heterocycles. The van der Waals surface area contributed by atoms with Gasteiger partial charge in [0.05, 0.1) is 6.54 Å². The number of likely N-dealkylation sites (N-methyl/N-ethyl adjacent to an activating group) is 2. The van der Waals surface area contributed by atoms with Gasteiger partial charge in [-0.3, -0.25) is 33.6 Å². The van der Waals surface area contributed by atoms with Crippen molar-refractivity contribution in [2.24, 2.45) is 11.3 Å². The van der Waals surface area contributed by atoms with Gasteiger partial charge in [-0.15, -0.1) is 0 Å². The molecule has 59 heavy (non-hydrogen) atoms. The summed E-state index contributed by atoms with van der Waals surface area (Å²) in [7, 11) is 2.76. The predicted molar refractivity (Wildman–Crippen MR) is 209 cm³/mol. The van der Waals surface area contributed by atoms with Crippen LogP contribution >= 0.6 is 11.6 Å². The van der Waals surface area contributed by atoms with E-state index in [1.165, 1.54) is 25.9 Å². The molecule has 4 N–H and O–H groups in total. The van der Waals surface area contributed by atoms with Crippen LogP contribution in [0, 0.1) is 11.3 Å². The Morgan fingerprint density at radius 2 is 1.73 bits per heavy atom. The van der Waals surface area contributed by atoms with Crippen LogP contribution in [0.15, 0.2) is 24.3 Å². The highest BCUT2D eigenvalue weighted by atomic mass is 35.5. The van der Waals surface area contributed by atoms with Crippen LogP contribution in [0.3, 0.4) is 0 Å². The molecule has 1 aromatic rings. The van der Waals surface area contributed by atoms with Crippen LogP contribution < -0.4 is 21.3 Å². The third-order valence-corrected chi connectivity index (χ3v) is 11.6. The molecule has 7 atom stereocenters. The van der Waals surface area contributed by atoms with E-state index < -0.39 is 121 Å². The summed E-state index contributed by atoms with van der Waals surface area (Å²) in [5.41, 5.74) is -2.03. The molecule has 1 aliphatic carbocycles. The minimum atomic E-state index is -4.87. The van der Waals surface area contributed by atoms with Crippen molar-refractivity contribution < 1.29 is 51.1 Å². The number of likely N-dealkylation sites (tertiary alicyclic amines) is 1. The van der Waals surface area contributed by atoms with Gasteiger partial charge < -0.3 is 36.0 Å². The molecule has 3 fully saturated rings. The zero-order valence-corrected chi connectivity index (χ0v) is 35.1. The van der Waals surface area contributed by atoms with Crippen molar-refractivity contribution >= 4 is 53.0 Å². The summed E-state index contributed by atoms with van der Waals surface area (Å²) in [5.74, 6) is -5.64. The van der Waals surface area contributed by atoms with Gasteiger partial charge in [0, 0.05) is 38.5 Å². The molecule has 0 bridgehead atoms. The Hall–Kier alpha value is -4.48. The van der Waals surface area contributed by atoms with Crippen LogP contribution in [-0.2, 0) is 40.0 Å². The Kier molecular flexibility index (Phi) is 15.8. The maximum absolute atomic E-state index is 14.6. The molecule has 14 nitrogen and oxygen atoms in total. The quantitative estimate of drug-likeness (QED) is 0.262. The summed E-state index contributed by atoms with van der Waals surface area (Å²) in [6.45, 7) is 6.23. The van der Waals surface area contributed by atoms with Gasteiger partial charge in [0.15, 0.2) is 0 Å². The van der Waals surface area contributed by atoms with Crippen molar-refractivity contribution in [2.75, 3.05) is 27.2 Å². The van der Waals surface area contributed by atoms with Crippen LogP contribution in [0.25, 0.3) is 0 Å². The standard InChI is InChI=1S/C40H56ClF4N7O7/c1-7-27(48-35(56)31-20-26(42)21-52(31)38(59)39(14-15-39)40(43,44)45)36(57)50(5)29-13-8-9-16-46-32(53)23(4)47-34(55)30(19-24-11-10-12-25(41)18-24)51(6)37(58)28(17-22(2)3)49-33(29)54/h10-12,18,22-23,26-31H,7-9,13-17,19-21H2,1-6H3,(H,46,53)(H,47,55)(H,48,56)(H,49,54)/t23-,26-,27+,28+,29+,30+,31+/m1/s1. The Morgan fingerprint density at radius 3 is 2.32 bits per heavy atom. The molecule has 1 saturated carbocycles. The zero-order valence-electron chi connectivity index (χ0n) is 34.3. The number of hydrogen-bond acceptors (Lipinski definition) is 7. The molecule has 2 saturated heterocycles. The minimum Gasteiger partial charge on any atom is -0.354 e. The SMILES string of the molecule is CC[C@H](NC(=O)[C@@H]1C[C@@H](F)CN1C(=O)C1(C(F)(F)F)CC1)C(=O)N(C)[C@H]1CCCCNC(=O)[C@@H](C)NC(=O)[C@H](Cc2cccc(Cl)c2)N(C)C(=O)[C@H](CC(C)C)NC1=O. The Morgan fingerprint density at radius 1 is 1.05 bits per heavy atom. The maximum Gasteiger partial charge on any atom is 0.403 e. The van der Waals surface area contributed by atoms with Gasteiger partial charge in [0.2, 0.25) is 41.4 Å². The number of hydrogen-bond donors (Lipinski definition) is 4. The lowest BCUT2D eigenvalue weighted by Gasteiger charge is -2.35. The van der Waals surface area contributed by atoms with Crippen LogP contribution in [0.2, 0.25) is 5.02 Å². The highest BCUT2D eigenvalue weighted by Gasteiger charge is 2.70. The average Bonchev–Trinajstić information content (AvgIpc) is 3.91. The van der Waals surface area contributed by atoms with Gasteiger partial charge >= 0.3 is 6.18 Å². The van der Waals surface area contributed by atoms with Crippen molar-refractivity contribution in [1.82, 2.24) is 36.0 Å². The highest BCUT2D eigenvalue weighted by Crippen LogP contribution is 2.59. The Balaban J connectivity index is 1.59. The van der Waals surface area contributed by atoms with E-state index in [1.807, 2.05) is 13.8 Å². The summed E-state index contributed by atoms with van der Waals surface area (Å²) < 4.78 is 56.1. The first-order valence-electron chi connectivity index (χ1n) is 20.1. The van der Waals surface area contributed by atoms with Crippen LogP contribution in [-0.4, -0.2) is 132 Å². The lowest BCUT2D eigenvalue weighted by atomic mass is 9.98. The molecule has 0 aromatic heterocycles. The van der Waals surface area contributed by atoms with Gasteiger partial charge in [-0.05, 0) is 75.5 Å². The topological polar surface area (TPSA) is 177 Å². The van der Waals surface area contributed by atoms with Gasteiger partial charge in [-0.2, -0.15) is 13.2 Å². The molecule has 19 heteroatoms. The number of rotatable bonds is 10. The minimum absolute atomic E-state index is 0.0251. The summed E-state index contributed by atoms with van der Waals surface area (Å²) in [4.78, 5) is 98.9. The smallest absolute Gasteiger partial charge is 0.354 e. The van der Waals surface area contributed by atoms with Crippen molar-refractivity contribution in [3.63, 3.8) is 0 Å². The summed E-state index contributed by atoms with van der Waals surface area (Å²) in [5, 5.41) is 11.1. The largest absolute Gasteiger partial charge is 0.403 e. The molecule has 4 rings (SSSR count). The lowest BCUT2D eigenvalue weighted by Crippen LogP contribution is -2.60. The predicted octanol–water partition coefficient (Wildman–Crippen LogP) is 3.05. The highest BCUT2D eigenvalue weighted by molar-refractivity contribution is 6.30. The number of benzene rings is 1. The average molecular weight is 858 g/mol. The normalized spacial score (nSPS) is 26.4. The first kappa shape index (κ1) is 47.2. The van der Waals surface area contributed by atoms with Crippen molar-refractivity contribution in [3.8, 4) is 0 Å². The third-order valence-electron chi connectivity index (χ3n) is 11.4. The Bertz CT molecular complexity index is 1750. The molecule has 2 heterocycles. The molecule has 0 radical (unpaired) electrons. The number of halogens is 5. The zero-order chi connectivity index (χ0) is 44.0. The van der Waals surface area contributed by atoms with E-state index >= 15 is 0 Å². The summed E-state index contributed by atoms with van der Waals surface area (Å²) in [6, 6.07) is -0.628. The van der Waals surface area contributed by atoms with E-state index in [-0.39, 0.29) is 38.1 Å². The Labute approximate surface area is 346 Å². The van der Waals surface area contributed by atoms with Crippen molar-refractivity contribution in [1.29, 1.82) is 0 Å². The van der Waals surface area contributed by atoms with Crippen LogP contribution in [0.1, 0.15) is 84.6 Å². The molecule has 3 aliphatic rings. The maximum atomic E-state index is 14.6. The molecule has 7 amide bonds. The number of nitrogens with zero attached hydrogens (tertiary/aromatic N) is 3. The van der Waals surface area contributed by atoms with E-state index in [4.69, 9.17) is 11.6 Å². The number of carbonyl (C=O) groups excluding carboxylic acids is 7. The molecule has 0 unspecified atom stereocenters. The van der Waals surface area contributed by atoms with Gasteiger partial charge in [0.25, 0.3) is 0 Å². The second-order valence-corrected chi connectivity index (χ2v) is 16.8. The first-order chi connectivity index (χ1) is 27.6. The fourth-order valence-corrected chi connectivity index (χ4v) is 7.85. The number of nitrogens with one attached hydrogen (secondary N) is 4.